The molecule has 1 rings (SSSR count). The summed E-state index contributed by atoms with van der Waals surface area (Å²) < 4.78 is 39.6. The van der Waals surface area contributed by atoms with Crippen LogP contribution in [0.4, 0.5) is 0 Å². The quantitative estimate of drug-likeness (QED) is 0.0431. The van der Waals surface area contributed by atoms with Crippen LogP contribution in [0.15, 0.2) is 0 Å². The number of unbranched alkanes of at least 4 members (excludes halogenated alkanes) is 12. The Hall–Kier alpha value is -1.11. The van der Waals surface area contributed by atoms with Crippen molar-refractivity contribution < 1.29 is 52.0 Å². The van der Waals surface area contributed by atoms with Gasteiger partial charge in [-0.05, 0) is 27.2 Å². The SMILES string of the molecule is CCCCCCCCCCCCCCCC(=O)OCC(COP(=O)(O)OCC[N+](C)(C)C)OC(=O)CCC1(C)OCC(C)(C)N1[O]. The van der Waals surface area contributed by atoms with E-state index < -0.39 is 43.7 Å². The van der Waals surface area contributed by atoms with E-state index in [1.807, 2.05) is 21.1 Å². The maximum Gasteiger partial charge on any atom is 0.472 e. The van der Waals surface area contributed by atoms with Gasteiger partial charge in [-0.1, -0.05) is 84.0 Å². The van der Waals surface area contributed by atoms with Crippen molar-refractivity contribution in [3.8, 4) is 0 Å². The topological polar surface area (TPSA) is 141 Å². The fraction of sp³-hybridized carbons (Fsp3) is 0.939. The lowest BCUT2D eigenvalue weighted by molar-refractivity contribution is -0.870. The molecule has 0 aliphatic carbocycles. The highest BCUT2D eigenvalue weighted by Crippen LogP contribution is 2.43. The van der Waals surface area contributed by atoms with Gasteiger partial charge in [-0.25, -0.2) is 4.57 Å². The molecule has 1 fully saturated rings. The number of hydrogen-bond acceptors (Lipinski definition) is 9. The predicted molar refractivity (Wildman–Crippen MR) is 176 cm³/mol. The lowest BCUT2D eigenvalue weighted by atomic mass is 10.0. The molecule has 271 valence electrons. The number of hydrogen-bond donors (Lipinski definition) is 1. The molecule has 46 heavy (non-hydrogen) atoms. The molecule has 13 heteroatoms. The molecule has 1 radical (unpaired) electrons. The number of phosphoric ester groups is 1. The molecule has 1 N–H and O–H groups in total. The number of ether oxygens (including phenoxy) is 3. The molecule has 0 aromatic carbocycles. The highest BCUT2D eigenvalue weighted by Gasteiger charge is 2.49. The van der Waals surface area contributed by atoms with Crippen molar-refractivity contribution in [2.24, 2.45) is 0 Å². The van der Waals surface area contributed by atoms with Gasteiger partial charge < -0.3 is 23.6 Å². The van der Waals surface area contributed by atoms with Gasteiger partial charge in [-0.3, -0.25) is 18.6 Å². The van der Waals surface area contributed by atoms with Gasteiger partial charge in [0.2, 0.25) is 0 Å². The van der Waals surface area contributed by atoms with Crippen LogP contribution in [0, 0.1) is 0 Å². The average Bonchev–Trinajstić information content (AvgIpc) is 3.18. The first kappa shape index (κ1) is 42.9. The molecule has 0 saturated carbocycles. The third-order valence-corrected chi connectivity index (χ3v) is 9.15. The van der Waals surface area contributed by atoms with E-state index in [-0.39, 0.29) is 39.1 Å². The van der Waals surface area contributed by atoms with Crippen LogP contribution in [0.25, 0.3) is 0 Å². The molecule has 12 nitrogen and oxygen atoms in total. The van der Waals surface area contributed by atoms with E-state index >= 15 is 0 Å². The lowest BCUT2D eigenvalue weighted by Crippen LogP contribution is -2.47. The number of likely N-dealkylation sites (N-methyl/N-ethyl adjacent to an activating group) is 1. The number of hydroxylamine groups is 2. The summed E-state index contributed by atoms with van der Waals surface area (Å²) in [4.78, 5) is 35.3. The minimum Gasteiger partial charge on any atom is -0.462 e. The average molecular weight is 681 g/mol. The first-order chi connectivity index (χ1) is 21.5. The lowest BCUT2D eigenvalue weighted by Gasteiger charge is -2.32. The van der Waals surface area contributed by atoms with Crippen molar-refractivity contribution >= 4 is 19.8 Å². The van der Waals surface area contributed by atoms with Gasteiger partial charge in [-0.15, -0.1) is 10.3 Å². The molecule has 0 amide bonds. The molecular weight excluding hydrogens is 615 g/mol. The number of phosphoric acid groups is 1. The maximum absolute atomic E-state index is 12.7. The van der Waals surface area contributed by atoms with E-state index in [9.17, 15) is 24.3 Å². The Morgan fingerprint density at radius 3 is 1.89 bits per heavy atom. The molecular formula is C33H65N2O10P+. The molecule has 1 saturated heterocycles. The van der Waals surface area contributed by atoms with E-state index in [1.54, 1.807) is 20.8 Å². The second-order valence-electron chi connectivity index (χ2n) is 14.5. The van der Waals surface area contributed by atoms with Gasteiger partial charge >= 0.3 is 19.8 Å². The normalized spacial score (nSPS) is 20.4. The van der Waals surface area contributed by atoms with E-state index in [1.165, 1.54) is 57.8 Å². The van der Waals surface area contributed by atoms with Crippen LogP contribution in [0.1, 0.15) is 130 Å². The standard InChI is InChI=1S/C33H64N2O10P/c1-8-9-10-11-12-13-14-15-16-17-18-19-20-21-30(36)41-26-29(27-44-46(39,40)43-25-24-35(5,6)7)45-31(37)22-23-33(4)34(38)32(2,3)28-42-33/h29H,8-28H2,1-7H3/p+1. The Morgan fingerprint density at radius 2 is 1.39 bits per heavy atom. The zero-order chi connectivity index (χ0) is 34.7. The highest BCUT2D eigenvalue weighted by molar-refractivity contribution is 7.47. The zero-order valence-electron chi connectivity index (χ0n) is 29.9. The predicted octanol–water partition coefficient (Wildman–Crippen LogP) is 6.72. The Morgan fingerprint density at radius 1 is 0.848 bits per heavy atom. The van der Waals surface area contributed by atoms with Crippen molar-refractivity contribution in [3.63, 3.8) is 0 Å². The largest absolute Gasteiger partial charge is 0.472 e. The smallest absolute Gasteiger partial charge is 0.462 e. The van der Waals surface area contributed by atoms with Crippen LogP contribution >= 0.6 is 7.82 Å². The fourth-order valence-corrected chi connectivity index (χ4v) is 5.89. The highest BCUT2D eigenvalue weighted by atomic mass is 31.2. The summed E-state index contributed by atoms with van der Waals surface area (Å²) in [5.41, 5.74) is -1.90. The van der Waals surface area contributed by atoms with Crippen molar-refractivity contribution in [2.45, 2.75) is 148 Å². The number of esters is 2. The summed E-state index contributed by atoms with van der Waals surface area (Å²) >= 11 is 0. The number of carbonyl (C=O) groups excluding carboxylic acids is 2. The van der Waals surface area contributed by atoms with Crippen LogP contribution in [0.2, 0.25) is 0 Å². The van der Waals surface area contributed by atoms with Crippen LogP contribution in [-0.4, -0.2) is 97.9 Å². The molecule has 0 spiro atoms. The number of rotatable bonds is 27. The van der Waals surface area contributed by atoms with Gasteiger partial charge in [0.15, 0.2) is 6.10 Å². The van der Waals surface area contributed by atoms with E-state index in [2.05, 4.69) is 6.92 Å². The van der Waals surface area contributed by atoms with Gasteiger partial charge in [0, 0.05) is 19.3 Å². The van der Waals surface area contributed by atoms with Gasteiger partial charge in [0.25, 0.3) is 0 Å². The zero-order valence-corrected chi connectivity index (χ0v) is 30.8. The van der Waals surface area contributed by atoms with Crippen LogP contribution in [-0.2, 0) is 42.6 Å². The van der Waals surface area contributed by atoms with Crippen LogP contribution in [0.5, 0.6) is 0 Å². The van der Waals surface area contributed by atoms with Crippen LogP contribution in [0.3, 0.4) is 0 Å². The molecule has 1 heterocycles. The maximum atomic E-state index is 12.7. The minimum atomic E-state index is -4.44. The Kier molecular flexibility index (Phi) is 20.3. The van der Waals surface area contributed by atoms with E-state index in [4.69, 9.17) is 23.3 Å². The third-order valence-electron chi connectivity index (χ3n) is 8.16. The first-order valence-electron chi connectivity index (χ1n) is 17.4. The van der Waals surface area contributed by atoms with Crippen molar-refractivity contribution in [1.82, 2.24) is 5.06 Å². The monoisotopic (exact) mass is 680 g/mol. The molecule has 0 bridgehead atoms. The van der Waals surface area contributed by atoms with Gasteiger partial charge in [0.05, 0.1) is 39.9 Å². The Balaban J connectivity index is 2.46. The van der Waals surface area contributed by atoms with Gasteiger partial charge in [0.1, 0.15) is 25.5 Å². The minimum absolute atomic E-state index is 0.0174. The Bertz CT molecular complexity index is 913. The van der Waals surface area contributed by atoms with Crippen molar-refractivity contribution in [1.29, 1.82) is 0 Å². The number of nitrogens with zero attached hydrogens (tertiary/aromatic N) is 2. The second-order valence-corrected chi connectivity index (χ2v) is 15.9. The van der Waals surface area contributed by atoms with Crippen LogP contribution < -0.4 is 0 Å². The Labute approximate surface area is 278 Å². The molecule has 1 aliphatic rings. The van der Waals surface area contributed by atoms with E-state index in [0.717, 1.165) is 24.3 Å². The summed E-state index contributed by atoms with van der Waals surface area (Å²) in [5.74, 6) is -1.12. The third kappa shape index (κ3) is 19.6. The summed E-state index contributed by atoms with van der Waals surface area (Å²) in [7, 11) is 1.30. The molecule has 1 aliphatic heterocycles. The molecule has 3 unspecified atom stereocenters. The summed E-state index contributed by atoms with van der Waals surface area (Å²) in [6.45, 7) is 7.22. The van der Waals surface area contributed by atoms with Crippen molar-refractivity contribution in [3.05, 3.63) is 0 Å². The fourth-order valence-electron chi connectivity index (χ4n) is 5.15. The van der Waals surface area contributed by atoms with Gasteiger partial charge in [-0.2, -0.15) is 0 Å². The van der Waals surface area contributed by atoms with Crippen molar-refractivity contribution in [2.75, 3.05) is 54.1 Å². The summed E-state index contributed by atoms with van der Waals surface area (Å²) in [6, 6.07) is 0. The molecule has 0 aromatic rings. The summed E-state index contributed by atoms with van der Waals surface area (Å²) in [5, 5.41) is 13.5. The van der Waals surface area contributed by atoms with E-state index in [0.29, 0.717) is 17.4 Å². The summed E-state index contributed by atoms with van der Waals surface area (Å²) in [6.07, 6.45) is 14.6. The molecule has 0 aromatic heterocycles. The second kappa shape index (κ2) is 21.8. The number of carbonyl (C=O) groups is 2. The number of quaternary nitrogens is 1. The molecule has 3 atom stereocenters. The first-order valence-corrected chi connectivity index (χ1v) is 18.9.